The Morgan fingerprint density at radius 1 is 0.952 bits per heavy atom. The Hall–Kier alpha value is -0.270. The van der Waals surface area contributed by atoms with Crippen molar-refractivity contribution in [2.45, 2.75) is 9.79 Å². The monoisotopic (exact) mass is 368 g/mol. The molecule has 0 aliphatic heterocycles. The van der Waals surface area contributed by atoms with E-state index in [1.54, 1.807) is 54.5 Å². The van der Waals surface area contributed by atoms with E-state index in [1.165, 1.54) is 4.90 Å². The molecule has 0 unspecified atom stereocenters. The summed E-state index contributed by atoms with van der Waals surface area (Å²) in [6.45, 7) is 0. The minimum Gasteiger partial charge on any atom is -0.289 e. The number of hydrogen-bond acceptors (Lipinski definition) is 6. The fraction of sp³-hybridized carbons (Fsp3) is 0.133. The van der Waals surface area contributed by atoms with Crippen LogP contribution in [-0.2, 0) is 0 Å². The Morgan fingerprint density at radius 2 is 1.71 bits per heavy atom. The molecule has 21 heavy (non-hydrogen) atoms. The van der Waals surface area contributed by atoms with Crippen LogP contribution in [0.15, 0.2) is 51.0 Å². The SMILES string of the molecule is CSSc1cc(SSC)c2sc3ccccc3c(=O)c2c1. The molecule has 6 heteroatoms. The topological polar surface area (TPSA) is 17.1 Å². The van der Waals surface area contributed by atoms with Crippen LogP contribution in [0, 0.1) is 0 Å². The molecule has 0 saturated carbocycles. The Morgan fingerprint density at radius 3 is 2.48 bits per heavy atom. The quantitative estimate of drug-likeness (QED) is 0.404. The van der Waals surface area contributed by atoms with Crippen molar-refractivity contribution in [2.24, 2.45) is 0 Å². The Balaban J connectivity index is 2.40. The van der Waals surface area contributed by atoms with Crippen LogP contribution < -0.4 is 5.43 Å². The highest BCUT2D eigenvalue weighted by Gasteiger charge is 2.12. The highest BCUT2D eigenvalue weighted by atomic mass is 33.1. The number of benzene rings is 2. The predicted octanol–water partition coefficient (Wildman–Crippen LogP) is 6.15. The molecule has 0 N–H and O–H groups in total. The molecule has 0 radical (unpaired) electrons. The van der Waals surface area contributed by atoms with Gasteiger partial charge in [0.25, 0.3) is 0 Å². The molecule has 0 amide bonds. The minimum atomic E-state index is 0.144. The van der Waals surface area contributed by atoms with E-state index < -0.39 is 0 Å². The Kier molecular flexibility index (Phi) is 5.11. The van der Waals surface area contributed by atoms with Gasteiger partial charge in [-0.15, -0.1) is 11.3 Å². The van der Waals surface area contributed by atoms with Gasteiger partial charge < -0.3 is 0 Å². The first-order valence-corrected chi connectivity index (χ1v) is 12.1. The fourth-order valence-electron chi connectivity index (χ4n) is 2.15. The van der Waals surface area contributed by atoms with E-state index >= 15 is 0 Å². The fourth-order valence-corrected chi connectivity index (χ4v) is 6.55. The zero-order chi connectivity index (χ0) is 14.8. The third-order valence-electron chi connectivity index (χ3n) is 2.97. The largest absolute Gasteiger partial charge is 0.289 e. The van der Waals surface area contributed by atoms with E-state index in [0.717, 1.165) is 25.1 Å². The average molecular weight is 369 g/mol. The van der Waals surface area contributed by atoms with Crippen molar-refractivity contribution >= 4 is 74.7 Å². The van der Waals surface area contributed by atoms with Crippen LogP contribution in [0.2, 0.25) is 0 Å². The molecule has 1 aromatic heterocycles. The Bertz CT molecular complexity index is 856. The summed E-state index contributed by atoms with van der Waals surface area (Å²) >= 11 is 1.71. The summed E-state index contributed by atoms with van der Waals surface area (Å²) in [7, 11) is 6.85. The molecular formula is C15H12OS5. The lowest BCUT2D eigenvalue weighted by molar-refractivity contribution is 1.42. The lowest BCUT2D eigenvalue weighted by atomic mass is 10.2. The lowest BCUT2D eigenvalue weighted by Crippen LogP contribution is -2.01. The standard InChI is InChI=1S/C15H12OS5/c1-17-20-9-7-11-14(16)10-5-3-4-6-12(10)19-15(11)13(8-9)21-18-2/h3-8H,1-2H3. The number of fused-ring (bicyclic) bond motifs is 2. The normalized spacial score (nSPS) is 11.3. The van der Waals surface area contributed by atoms with Gasteiger partial charge in [0.1, 0.15) is 0 Å². The maximum atomic E-state index is 12.8. The Labute approximate surface area is 143 Å². The van der Waals surface area contributed by atoms with E-state index in [-0.39, 0.29) is 5.43 Å². The molecule has 0 saturated heterocycles. The second-order valence-corrected chi connectivity index (χ2v) is 10.2. The summed E-state index contributed by atoms with van der Waals surface area (Å²) < 4.78 is 2.16. The van der Waals surface area contributed by atoms with Gasteiger partial charge >= 0.3 is 0 Å². The molecule has 1 nitrogen and oxygen atoms in total. The van der Waals surface area contributed by atoms with Gasteiger partial charge in [0, 0.05) is 25.3 Å². The van der Waals surface area contributed by atoms with Crippen molar-refractivity contribution in [3.8, 4) is 0 Å². The highest BCUT2D eigenvalue weighted by Crippen LogP contribution is 2.41. The number of rotatable bonds is 4. The molecule has 108 valence electrons. The zero-order valence-electron chi connectivity index (χ0n) is 11.4. The van der Waals surface area contributed by atoms with Crippen LogP contribution in [0.3, 0.4) is 0 Å². The summed E-state index contributed by atoms with van der Waals surface area (Å²) in [5, 5.41) is 1.66. The average Bonchev–Trinajstić information content (AvgIpc) is 2.49. The summed E-state index contributed by atoms with van der Waals surface area (Å²) in [6, 6.07) is 12.1. The van der Waals surface area contributed by atoms with E-state index in [0.29, 0.717) is 0 Å². The van der Waals surface area contributed by atoms with Gasteiger partial charge in [-0.05, 0) is 36.8 Å². The van der Waals surface area contributed by atoms with Crippen molar-refractivity contribution in [2.75, 3.05) is 12.5 Å². The van der Waals surface area contributed by atoms with Gasteiger partial charge in [-0.3, -0.25) is 4.79 Å². The molecule has 3 aromatic rings. The van der Waals surface area contributed by atoms with Crippen molar-refractivity contribution in [1.82, 2.24) is 0 Å². The van der Waals surface area contributed by atoms with Crippen molar-refractivity contribution < 1.29 is 0 Å². The molecule has 0 spiro atoms. The van der Waals surface area contributed by atoms with Gasteiger partial charge in [0.05, 0.1) is 4.70 Å². The van der Waals surface area contributed by atoms with Gasteiger partial charge in [-0.2, -0.15) is 0 Å². The molecule has 0 aliphatic rings. The minimum absolute atomic E-state index is 0.144. The first kappa shape index (κ1) is 15.6. The second-order valence-electron chi connectivity index (χ2n) is 4.23. The molecular weight excluding hydrogens is 356 g/mol. The summed E-state index contributed by atoms with van der Waals surface area (Å²) in [5.74, 6) is 0. The molecule has 0 atom stereocenters. The van der Waals surface area contributed by atoms with E-state index in [9.17, 15) is 4.79 Å². The van der Waals surface area contributed by atoms with Gasteiger partial charge in [-0.1, -0.05) is 55.3 Å². The summed E-state index contributed by atoms with van der Waals surface area (Å²) in [6.07, 6.45) is 4.12. The molecule has 0 aliphatic carbocycles. The van der Waals surface area contributed by atoms with Crippen molar-refractivity contribution in [3.05, 3.63) is 46.6 Å². The highest BCUT2D eigenvalue weighted by molar-refractivity contribution is 8.77. The van der Waals surface area contributed by atoms with Gasteiger partial charge in [0.15, 0.2) is 5.43 Å². The van der Waals surface area contributed by atoms with Crippen molar-refractivity contribution in [1.29, 1.82) is 0 Å². The molecule has 3 rings (SSSR count). The summed E-state index contributed by atoms with van der Waals surface area (Å²) in [4.78, 5) is 15.1. The maximum Gasteiger partial charge on any atom is 0.195 e. The van der Waals surface area contributed by atoms with Crippen LogP contribution in [0.25, 0.3) is 20.2 Å². The maximum absolute atomic E-state index is 12.8. The van der Waals surface area contributed by atoms with Crippen molar-refractivity contribution in [3.63, 3.8) is 0 Å². The van der Waals surface area contributed by atoms with Crippen LogP contribution >= 0.6 is 54.5 Å². The van der Waals surface area contributed by atoms with Crippen LogP contribution in [0.5, 0.6) is 0 Å². The first-order valence-electron chi connectivity index (χ1n) is 6.15. The third kappa shape index (κ3) is 3.10. The van der Waals surface area contributed by atoms with Gasteiger partial charge in [-0.25, -0.2) is 0 Å². The first-order chi connectivity index (χ1) is 10.2. The summed E-state index contributed by atoms with van der Waals surface area (Å²) in [5.41, 5.74) is 0.144. The second kappa shape index (κ2) is 6.87. The third-order valence-corrected chi connectivity index (χ3v) is 7.70. The van der Waals surface area contributed by atoms with Gasteiger partial charge in [0.2, 0.25) is 0 Å². The van der Waals surface area contributed by atoms with Crippen LogP contribution in [-0.4, -0.2) is 12.5 Å². The lowest BCUT2D eigenvalue weighted by Gasteiger charge is -2.08. The van der Waals surface area contributed by atoms with E-state index in [2.05, 4.69) is 18.6 Å². The van der Waals surface area contributed by atoms with Crippen LogP contribution in [0.4, 0.5) is 0 Å². The smallest absolute Gasteiger partial charge is 0.195 e. The molecule has 2 aromatic carbocycles. The van der Waals surface area contributed by atoms with E-state index in [1.807, 2.05) is 30.3 Å². The zero-order valence-corrected chi connectivity index (χ0v) is 15.5. The van der Waals surface area contributed by atoms with Crippen LogP contribution in [0.1, 0.15) is 0 Å². The molecule has 1 heterocycles. The number of hydrogen-bond donors (Lipinski definition) is 0. The predicted molar refractivity (Wildman–Crippen MR) is 104 cm³/mol. The van der Waals surface area contributed by atoms with E-state index in [4.69, 9.17) is 0 Å². The molecule has 0 fully saturated rings. The molecule has 0 bridgehead atoms.